The van der Waals surface area contributed by atoms with Gasteiger partial charge in [-0.15, -0.1) is 0 Å². The van der Waals surface area contributed by atoms with Gasteiger partial charge >= 0.3 is 0 Å². The summed E-state index contributed by atoms with van der Waals surface area (Å²) in [5, 5.41) is 0. The highest BCUT2D eigenvalue weighted by molar-refractivity contribution is 5.76. The summed E-state index contributed by atoms with van der Waals surface area (Å²) >= 11 is 0. The van der Waals surface area contributed by atoms with Crippen molar-refractivity contribution in [2.75, 3.05) is 33.3 Å². The van der Waals surface area contributed by atoms with E-state index in [1.165, 1.54) is 5.56 Å². The summed E-state index contributed by atoms with van der Waals surface area (Å²) in [7, 11) is 1.69. The minimum Gasteiger partial charge on any atom is -0.497 e. The van der Waals surface area contributed by atoms with E-state index in [-0.39, 0.29) is 0 Å². The van der Waals surface area contributed by atoms with Crippen LogP contribution in [0.4, 0.5) is 0 Å². The fraction of sp³-hybridized carbons (Fsp3) is 0.611. The third kappa shape index (κ3) is 5.02. The summed E-state index contributed by atoms with van der Waals surface area (Å²) in [4.78, 5) is 16.6. The zero-order valence-electron chi connectivity index (χ0n) is 13.9. The van der Waals surface area contributed by atoms with E-state index in [2.05, 4.69) is 24.0 Å². The smallest absolute Gasteiger partial charge is 0.222 e. The molecule has 1 saturated heterocycles. The van der Waals surface area contributed by atoms with Gasteiger partial charge in [0, 0.05) is 39.1 Å². The van der Waals surface area contributed by atoms with Gasteiger partial charge < -0.3 is 9.64 Å². The van der Waals surface area contributed by atoms with Crippen LogP contribution in [0.15, 0.2) is 24.3 Å². The van der Waals surface area contributed by atoms with Gasteiger partial charge in [-0.25, -0.2) is 0 Å². The van der Waals surface area contributed by atoms with Crippen LogP contribution in [0, 0.1) is 0 Å². The van der Waals surface area contributed by atoms with Crippen LogP contribution < -0.4 is 4.74 Å². The summed E-state index contributed by atoms with van der Waals surface area (Å²) < 4.78 is 5.19. The lowest BCUT2D eigenvalue weighted by atomic mass is 10.2. The van der Waals surface area contributed by atoms with Crippen molar-refractivity contribution in [3.05, 3.63) is 29.8 Å². The van der Waals surface area contributed by atoms with Crippen molar-refractivity contribution in [2.24, 2.45) is 0 Å². The van der Waals surface area contributed by atoms with Crippen molar-refractivity contribution >= 4 is 5.91 Å². The second-order valence-electron chi connectivity index (χ2n) is 5.96. The monoisotopic (exact) mass is 304 g/mol. The first-order chi connectivity index (χ1) is 10.7. The molecule has 1 aromatic rings. The number of hydrogen-bond acceptors (Lipinski definition) is 3. The molecule has 2 rings (SSSR count). The minimum atomic E-state index is 0.327. The lowest BCUT2D eigenvalue weighted by Crippen LogP contribution is -2.34. The Balaban J connectivity index is 1.83. The van der Waals surface area contributed by atoms with Gasteiger partial charge in [-0.1, -0.05) is 25.5 Å². The molecular formula is C18H28N2O2. The maximum Gasteiger partial charge on any atom is 0.222 e. The molecule has 122 valence electrons. The molecule has 0 saturated carbocycles. The van der Waals surface area contributed by atoms with Gasteiger partial charge in [0.1, 0.15) is 5.75 Å². The molecule has 0 atom stereocenters. The summed E-state index contributed by atoms with van der Waals surface area (Å²) in [6, 6.07) is 8.25. The molecule has 0 bridgehead atoms. The first-order valence-corrected chi connectivity index (χ1v) is 8.36. The number of ether oxygens (including phenoxy) is 1. The number of benzene rings is 1. The number of nitrogens with zero attached hydrogens (tertiary/aromatic N) is 2. The van der Waals surface area contributed by atoms with Crippen molar-refractivity contribution in [3.8, 4) is 5.75 Å². The van der Waals surface area contributed by atoms with Crippen molar-refractivity contribution in [1.82, 2.24) is 9.80 Å². The normalized spacial score (nSPS) is 16.4. The lowest BCUT2D eigenvalue weighted by Gasteiger charge is -2.22. The summed E-state index contributed by atoms with van der Waals surface area (Å²) in [6.45, 7) is 6.86. The highest BCUT2D eigenvalue weighted by atomic mass is 16.5. The predicted molar refractivity (Wildman–Crippen MR) is 89.0 cm³/mol. The zero-order valence-corrected chi connectivity index (χ0v) is 13.9. The summed E-state index contributed by atoms with van der Waals surface area (Å²) in [5.41, 5.74) is 1.30. The van der Waals surface area contributed by atoms with Crippen molar-refractivity contribution in [3.63, 3.8) is 0 Å². The average Bonchev–Trinajstić information content (AvgIpc) is 2.79. The molecule has 0 aromatic heterocycles. The number of carbonyl (C=O) groups is 1. The van der Waals surface area contributed by atoms with E-state index in [9.17, 15) is 4.79 Å². The maximum atomic E-state index is 12.1. The number of rotatable bonds is 6. The fourth-order valence-corrected chi connectivity index (χ4v) is 2.85. The molecule has 4 heteroatoms. The fourth-order valence-electron chi connectivity index (χ4n) is 2.85. The molecule has 0 N–H and O–H groups in total. The molecule has 22 heavy (non-hydrogen) atoms. The van der Waals surface area contributed by atoms with Crippen LogP contribution in [-0.4, -0.2) is 49.0 Å². The van der Waals surface area contributed by atoms with E-state index in [1.54, 1.807) is 7.11 Å². The SMILES string of the molecule is CCCCC(=O)N1CCCN(Cc2ccc(OC)cc2)CC1. The van der Waals surface area contributed by atoms with E-state index in [0.717, 1.165) is 57.7 Å². The average molecular weight is 304 g/mol. The second kappa shape index (κ2) is 8.79. The quantitative estimate of drug-likeness (QED) is 0.810. The molecule has 1 heterocycles. The lowest BCUT2D eigenvalue weighted by molar-refractivity contribution is -0.131. The van der Waals surface area contributed by atoms with Crippen LogP contribution in [0.3, 0.4) is 0 Å². The number of carbonyl (C=O) groups excluding carboxylic acids is 1. The summed E-state index contributed by atoms with van der Waals surface area (Å²) in [5.74, 6) is 1.22. The Morgan fingerprint density at radius 3 is 2.59 bits per heavy atom. The van der Waals surface area contributed by atoms with Crippen LogP contribution in [0.5, 0.6) is 5.75 Å². The molecule has 1 aliphatic heterocycles. The van der Waals surface area contributed by atoms with Crippen molar-refractivity contribution in [2.45, 2.75) is 39.2 Å². The molecule has 1 aromatic carbocycles. The third-order valence-corrected chi connectivity index (χ3v) is 4.25. The molecular weight excluding hydrogens is 276 g/mol. The highest BCUT2D eigenvalue weighted by Gasteiger charge is 2.18. The molecule has 4 nitrogen and oxygen atoms in total. The molecule has 1 aliphatic rings. The van der Waals surface area contributed by atoms with Crippen molar-refractivity contribution < 1.29 is 9.53 Å². The molecule has 1 fully saturated rings. The maximum absolute atomic E-state index is 12.1. The van der Waals surface area contributed by atoms with E-state index in [4.69, 9.17) is 4.74 Å². The Kier molecular flexibility index (Phi) is 6.72. The predicted octanol–water partition coefficient (Wildman–Crippen LogP) is 2.92. The first kappa shape index (κ1) is 16.8. The number of hydrogen-bond donors (Lipinski definition) is 0. The summed E-state index contributed by atoms with van der Waals surface area (Å²) in [6.07, 6.45) is 3.86. The van der Waals surface area contributed by atoms with Crippen LogP contribution in [-0.2, 0) is 11.3 Å². The van der Waals surface area contributed by atoms with Gasteiger partial charge in [0.15, 0.2) is 0 Å². The van der Waals surface area contributed by atoms with Crippen LogP contribution >= 0.6 is 0 Å². The van der Waals surface area contributed by atoms with Gasteiger partial charge in [-0.3, -0.25) is 9.69 Å². The molecule has 0 spiro atoms. The van der Waals surface area contributed by atoms with E-state index < -0.39 is 0 Å². The largest absolute Gasteiger partial charge is 0.497 e. The topological polar surface area (TPSA) is 32.8 Å². The second-order valence-corrected chi connectivity index (χ2v) is 5.96. The molecule has 0 unspecified atom stereocenters. The Morgan fingerprint density at radius 2 is 1.91 bits per heavy atom. The van der Waals surface area contributed by atoms with Gasteiger partial charge in [0.2, 0.25) is 5.91 Å². The number of methoxy groups -OCH3 is 1. The van der Waals surface area contributed by atoms with Gasteiger partial charge in [-0.2, -0.15) is 0 Å². The molecule has 0 aliphatic carbocycles. The van der Waals surface area contributed by atoms with Gasteiger partial charge in [-0.05, 0) is 30.5 Å². The standard InChI is InChI=1S/C18H28N2O2/c1-3-4-6-18(21)20-12-5-11-19(13-14-20)15-16-7-9-17(22-2)10-8-16/h7-10H,3-6,11-15H2,1-2H3. The van der Waals surface area contributed by atoms with Crippen molar-refractivity contribution in [1.29, 1.82) is 0 Å². The highest BCUT2D eigenvalue weighted by Crippen LogP contribution is 2.14. The third-order valence-electron chi connectivity index (χ3n) is 4.25. The Morgan fingerprint density at radius 1 is 1.14 bits per heavy atom. The van der Waals surface area contributed by atoms with Gasteiger partial charge in [0.25, 0.3) is 0 Å². The molecule has 0 radical (unpaired) electrons. The van der Waals surface area contributed by atoms with Gasteiger partial charge in [0.05, 0.1) is 7.11 Å². The number of amides is 1. The first-order valence-electron chi connectivity index (χ1n) is 8.36. The number of unbranched alkanes of at least 4 members (excludes halogenated alkanes) is 1. The van der Waals surface area contributed by atoms with Crippen LogP contribution in [0.25, 0.3) is 0 Å². The zero-order chi connectivity index (χ0) is 15.8. The Hall–Kier alpha value is -1.55. The van der Waals surface area contributed by atoms with E-state index in [1.807, 2.05) is 17.0 Å². The van der Waals surface area contributed by atoms with Crippen LogP contribution in [0.2, 0.25) is 0 Å². The van der Waals surface area contributed by atoms with Crippen LogP contribution in [0.1, 0.15) is 38.2 Å². The Labute approximate surface area is 134 Å². The van der Waals surface area contributed by atoms with E-state index >= 15 is 0 Å². The Bertz CT molecular complexity index is 459. The minimum absolute atomic E-state index is 0.327. The molecule has 1 amide bonds. The van der Waals surface area contributed by atoms with E-state index in [0.29, 0.717) is 12.3 Å².